The van der Waals surface area contributed by atoms with Crippen LogP contribution >= 0.6 is 11.3 Å². The number of aromatic nitrogens is 2. The molecule has 0 unspecified atom stereocenters. The smallest absolute Gasteiger partial charge is 0.276 e. The Hall–Kier alpha value is -2.78. The van der Waals surface area contributed by atoms with E-state index >= 15 is 0 Å². The lowest BCUT2D eigenvalue weighted by molar-refractivity contribution is 0.102. The fraction of sp³-hybridized carbons (Fsp3) is 0.118. The quantitative estimate of drug-likeness (QED) is 0.699. The minimum absolute atomic E-state index is 0.317. The second kappa shape index (κ2) is 7.22. The van der Waals surface area contributed by atoms with Crippen LogP contribution in [-0.2, 0) is 10.0 Å². The van der Waals surface area contributed by atoms with Gasteiger partial charge in [0.2, 0.25) is 10.0 Å². The second-order valence-corrected chi connectivity index (χ2v) is 8.21. The highest BCUT2D eigenvalue weighted by Gasteiger charge is 2.11. The van der Waals surface area contributed by atoms with Crippen LogP contribution in [0.3, 0.4) is 0 Å². The largest absolute Gasteiger partial charge is 0.296 e. The Labute approximate surface area is 155 Å². The zero-order valence-corrected chi connectivity index (χ0v) is 15.7. The number of carbonyl (C=O) groups excluding carboxylic acids is 1. The molecule has 0 spiro atoms. The van der Waals surface area contributed by atoms with Crippen molar-refractivity contribution < 1.29 is 13.2 Å². The van der Waals surface area contributed by atoms with Gasteiger partial charge in [0.1, 0.15) is 5.69 Å². The molecule has 0 aliphatic carbocycles. The summed E-state index contributed by atoms with van der Waals surface area (Å²) in [7, 11) is -3.31. The highest BCUT2D eigenvalue weighted by atomic mass is 32.2. The molecule has 2 aromatic heterocycles. The topological polar surface area (TPSA) is 101 Å². The van der Waals surface area contributed by atoms with Gasteiger partial charge in [-0.3, -0.25) is 14.8 Å². The number of nitrogens with one attached hydrogen (secondary N) is 2. The van der Waals surface area contributed by atoms with Gasteiger partial charge >= 0.3 is 0 Å². The molecule has 2 N–H and O–H groups in total. The van der Waals surface area contributed by atoms with Gasteiger partial charge in [-0.2, -0.15) is 0 Å². The fourth-order valence-corrected chi connectivity index (χ4v) is 3.50. The maximum atomic E-state index is 12.2. The van der Waals surface area contributed by atoms with Crippen LogP contribution in [0.15, 0.2) is 47.8 Å². The Kier molecular flexibility index (Phi) is 5.01. The van der Waals surface area contributed by atoms with Crippen molar-refractivity contribution in [2.24, 2.45) is 0 Å². The number of hydrogen-bond acceptors (Lipinski definition) is 6. The first-order chi connectivity index (χ1) is 12.3. The monoisotopic (exact) mass is 388 g/mol. The van der Waals surface area contributed by atoms with Gasteiger partial charge in [-0.15, -0.1) is 11.3 Å². The third-order valence-corrected chi connectivity index (χ3v) is 4.69. The van der Waals surface area contributed by atoms with Crippen LogP contribution in [0.1, 0.15) is 16.2 Å². The summed E-state index contributed by atoms with van der Waals surface area (Å²) in [6.07, 6.45) is 1.10. The molecular weight excluding hydrogens is 372 g/mol. The number of aryl methyl sites for hydroxylation is 1. The lowest BCUT2D eigenvalue weighted by Gasteiger charge is -2.04. The van der Waals surface area contributed by atoms with E-state index in [1.54, 1.807) is 36.4 Å². The SMILES string of the molecule is Cc1cccc(C(=O)Nc2nc(-c3ccc(NS(C)(=O)=O)cc3)cs2)n1. The molecular formula is C17H16N4O3S2. The van der Waals surface area contributed by atoms with Gasteiger partial charge in [0, 0.05) is 22.3 Å². The van der Waals surface area contributed by atoms with Crippen molar-refractivity contribution in [3.05, 3.63) is 59.2 Å². The number of sulfonamides is 1. The molecule has 0 saturated carbocycles. The summed E-state index contributed by atoms with van der Waals surface area (Å²) in [6, 6.07) is 12.1. The molecule has 9 heteroatoms. The number of hydrogen-bond donors (Lipinski definition) is 2. The van der Waals surface area contributed by atoms with E-state index in [0.29, 0.717) is 22.2 Å². The first-order valence-electron chi connectivity index (χ1n) is 7.59. The zero-order chi connectivity index (χ0) is 18.7. The summed E-state index contributed by atoms with van der Waals surface area (Å²) in [4.78, 5) is 20.8. The van der Waals surface area contributed by atoms with E-state index in [0.717, 1.165) is 17.5 Å². The number of anilines is 2. The average Bonchev–Trinajstić information content (AvgIpc) is 3.02. The molecule has 0 bridgehead atoms. The normalized spacial score (nSPS) is 11.2. The first kappa shape index (κ1) is 18.0. The van der Waals surface area contributed by atoms with Crippen LogP contribution in [0.2, 0.25) is 0 Å². The van der Waals surface area contributed by atoms with Crippen molar-refractivity contribution in [3.63, 3.8) is 0 Å². The summed E-state index contributed by atoms with van der Waals surface area (Å²) in [6.45, 7) is 1.82. The summed E-state index contributed by atoms with van der Waals surface area (Å²) < 4.78 is 24.9. The molecule has 26 heavy (non-hydrogen) atoms. The summed E-state index contributed by atoms with van der Waals surface area (Å²) in [5, 5.41) is 5.01. The highest BCUT2D eigenvalue weighted by molar-refractivity contribution is 7.92. The molecule has 0 aliphatic rings. The molecule has 3 aromatic rings. The maximum absolute atomic E-state index is 12.2. The standard InChI is InChI=1S/C17H16N4O3S2/c1-11-4-3-5-14(18-11)16(22)20-17-19-15(10-25-17)12-6-8-13(9-7-12)21-26(2,23)24/h3-10,21H,1-2H3,(H,19,20,22). The molecule has 0 atom stereocenters. The van der Waals surface area contributed by atoms with Crippen molar-refractivity contribution in [2.75, 3.05) is 16.3 Å². The lowest BCUT2D eigenvalue weighted by atomic mass is 10.1. The summed E-state index contributed by atoms with van der Waals surface area (Å²) >= 11 is 1.30. The number of carbonyl (C=O) groups is 1. The van der Waals surface area contributed by atoms with Crippen molar-refractivity contribution in [1.82, 2.24) is 9.97 Å². The summed E-state index contributed by atoms with van der Waals surface area (Å²) in [5.74, 6) is -0.317. The molecule has 7 nitrogen and oxygen atoms in total. The van der Waals surface area contributed by atoms with E-state index in [4.69, 9.17) is 0 Å². The Morgan fingerprint density at radius 1 is 1.08 bits per heavy atom. The Balaban J connectivity index is 1.72. The van der Waals surface area contributed by atoms with Gasteiger partial charge < -0.3 is 0 Å². The van der Waals surface area contributed by atoms with Crippen molar-refractivity contribution in [1.29, 1.82) is 0 Å². The van der Waals surface area contributed by atoms with Gasteiger partial charge in [-0.05, 0) is 31.2 Å². The molecule has 0 radical (unpaired) electrons. The molecule has 1 amide bonds. The summed E-state index contributed by atoms with van der Waals surface area (Å²) in [5.41, 5.74) is 3.08. The second-order valence-electron chi connectivity index (χ2n) is 5.61. The number of amides is 1. The van der Waals surface area contributed by atoms with E-state index in [2.05, 4.69) is 20.0 Å². The van der Waals surface area contributed by atoms with Gasteiger partial charge in [-0.25, -0.2) is 18.4 Å². The van der Waals surface area contributed by atoms with Gasteiger partial charge in [0.05, 0.1) is 11.9 Å². The average molecular weight is 388 g/mol. The molecule has 1 aromatic carbocycles. The third-order valence-electron chi connectivity index (χ3n) is 3.33. The van der Waals surface area contributed by atoms with Crippen LogP contribution in [-0.4, -0.2) is 30.5 Å². The Morgan fingerprint density at radius 2 is 1.81 bits per heavy atom. The predicted molar refractivity (Wildman–Crippen MR) is 103 cm³/mol. The zero-order valence-electron chi connectivity index (χ0n) is 14.1. The first-order valence-corrected chi connectivity index (χ1v) is 10.4. The Bertz CT molecular complexity index is 1040. The van der Waals surface area contributed by atoms with E-state index in [9.17, 15) is 13.2 Å². The minimum atomic E-state index is -3.31. The van der Waals surface area contributed by atoms with Crippen molar-refractivity contribution in [2.45, 2.75) is 6.92 Å². The van der Waals surface area contributed by atoms with Gasteiger partial charge in [0.15, 0.2) is 5.13 Å². The number of benzene rings is 1. The van der Waals surface area contributed by atoms with Crippen LogP contribution in [0.4, 0.5) is 10.8 Å². The fourth-order valence-electron chi connectivity index (χ4n) is 2.22. The van der Waals surface area contributed by atoms with Crippen LogP contribution in [0.25, 0.3) is 11.3 Å². The van der Waals surface area contributed by atoms with Crippen molar-refractivity contribution in [3.8, 4) is 11.3 Å². The number of nitrogens with zero attached hydrogens (tertiary/aromatic N) is 2. The van der Waals surface area contributed by atoms with E-state index in [1.807, 2.05) is 18.4 Å². The molecule has 0 saturated heterocycles. The van der Waals surface area contributed by atoms with Crippen LogP contribution < -0.4 is 10.0 Å². The third kappa shape index (κ3) is 4.64. The maximum Gasteiger partial charge on any atom is 0.276 e. The lowest BCUT2D eigenvalue weighted by Crippen LogP contribution is -2.13. The Morgan fingerprint density at radius 3 is 2.46 bits per heavy atom. The van der Waals surface area contributed by atoms with Crippen molar-refractivity contribution >= 4 is 38.1 Å². The molecule has 0 aliphatic heterocycles. The van der Waals surface area contributed by atoms with E-state index < -0.39 is 10.0 Å². The van der Waals surface area contributed by atoms with Crippen LogP contribution in [0.5, 0.6) is 0 Å². The number of thiazole rings is 1. The number of pyridine rings is 1. The van der Waals surface area contributed by atoms with Gasteiger partial charge in [0.25, 0.3) is 5.91 Å². The predicted octanol–water partition coefficient (Wildman–Crippen LogP) is 3.14. The molecule has 134 valence electrons. The highest BCUT2D eigenvalue weighted by Crippen LogP contribution is 2.26. The molecule has 0 fully saturated rings. The van der Waals surface area contributed by atoms with E-state index in [1.165, 1.54) is 11.3 Å². The van der Waals surface area contributed by atoms with Crippen LogP contribution in [0, 0.1) is 6.92 Å². The molecule has 2 heterocycles. The minimum Gasteiger partial charge on any atom is -0.296 e. The molecule has 3 rings (SSSR count). The number of rotatable bonds is 5. The van der Waals surface area contributed by atoms with Gasteiger partial charge in [-0.1, -0.05) is 18.2 Å². The van der Waals surface area contributed by atoms with E-state index in [-0.39, 0.29) is 5.91 Å².